The van der Waals surface area contributed by atoms with Crippen molar-refractivity contribution < 1.29 is 29.3 Å². The van der Waals surface area contributed by atoms with Gasteiger partial charge in [0, 0.05) is 23.1 Å². The quantitative estimate of drug-likeness (QED) is 0.563. The number of ether oxygens (including phenoxy) is 1. The van der Waals surface area contributed by atoms with Crippen LogP contribution in [0.15, 0.2) is 34.7 Å². The number of phenols is 1. The van der Waals surface area contributed by atoms with Gasteiger partial charge in [0.25, 0.3) is 0 Å². The van der Waals surface area contributed by atoms with Crippen LogP contribution in [-0.2, 0) is 13.0 Å². The maximum atomic E-state index is 11.8. The highest BCUT2D eigenvalue weighted by Gasteiger charge is 2.19. The Hall–Kier alpha value is -2.83. The van der Waals surface area contributed by atoms with Crippen LogP contribution in [0.2, 0.25) is 0 Å². The Balaban J connectivity index is 2.22. The molecule has 6 heteroatoms. The number of aliphatic hydroxyl groups excluding tert-OH is 2. The fraction of sp³-hybridized carbons (Fsp3) is 0.250. The van der Waals surface area contributed by atoms with Gasteiger partial charge in [-0.15, -0.1) is 0 Å². The van der Waals surface area contributed by atoms with Crippen LogP contribution < -0.4 is 4.74 Å². The number of aromatic hydroxyl groups is 1. The first-order chi connectivity index (χ1) is 12.6. The monoisotopic (exact) mass is 356 g/mol. The number of methoxy groups -OCH3 is 1. The molecule has 0 unspecified atom stereocenters. The lowest BCUT2D eigenvalue weighted by atomic mass is 10.00. The van der Waals surface area contributed by atoms with Gasteiger partial charge in [0.1, 0.15) is 11.3 Å². The van der Waals surface area contributed by atoms with Crippen molar-refractivity contribution in [3.63, 3.8) is 0 Å². The molecule has 0 fully saturated rings. The summed E-state index contributed by atoms with van der Waals surface area (Å²) in [6.07, 6.45) is 1.94. The van der Waals surface area contributed by atoms with E-state index in [9.17, 15) is 15.0 Å². The van der Waals surface area contributed by atoms with Crippen LogP contribution in [0, 0.1) is 0 Å². The first-order valence-electron chi connectivity index (χ1n) is 8.25. The third kappa shape index (κ3) is 3.16. The number of aldehydes is 1. The molecular weight excluding hydrogens is 336 g/mol. The van der Waals surface area contributed by atoms with Crippen molar-refractivity contribution in [3.8, 4) is 22.8 Å². The number of carbonyl (C=O) groups excluding carboxylic acids is 1. The van der Waals surface area contributed by atoms with E-state index in [0.717, 1.165) is 11.8 Å². The third-order valence-corrected chi connectivity index (χ3v) is 4.32. The van der Waals surface area contributed by atoms with Gasteiger partial charge in [-0.05, 0) is 48.7 Å². The molecule has 0 saturated carbocycles. The highest BCUT2D eigenvalue weighted by atomic mass is 16.5. The molecule has 2 aromatic carbocycles. The first kappa shape index (κ1) is 18.0. The molecule has 3 N–H and O–H groups in total. The Labute approximate surface area is 150 Å². The lowest BCUT2D eigenvalue weighted by Gasteiger charge is -2.05. The zero-order valence-electron chi connectivity index (χ0n) is 14.4. The van der Waals surface area contributed by atoms with E-state index >= 15 is 0 Å². The first-order valence-corrected chi connectivity index (χ1v) is 8.25. The largest absolute Gasteiger partial charge is 0.504 e. The Morgan fingerprint density at radius 3 is 2.65 bits per heavy atom. The summed E-state index contributed by atoms with van der Waals surface area (Å²) in [5.74, 6) is 0.607. The topological polar surface area (TPSA) is 100 Å². The molecule has 0 amide bonds. The summed E-state index contributed by atoms with van der Waals surface area (Å²) in [5, 5.41) is 29.1. The number of hydrogen-bond acceptors (Lipinski definition) is 6. The van der Waals surface area contributed by atoms with Crippen molar-refractivity contribution in [2.24, 2.45) is 0 Å². The molecule has 0 aliphatic heterocycles. The van der Waals surface area contributed by atoms with Crippen molar-refractivity contribution >= 4 is 17.3 Å². The van der Waals surface area contributed by atoms with Crippen LogP contribution >= 0.6 is 0 Å². The van der Waals surface area contributed by atoms with Gasteiger partial charge in [-0.2, -0.15) is 0 Å². The van der Waals surface area contributed by atoms with E-state index in [2.05, 4.69) is 0 Å². The predicted octanol–water partition coefficient (Wildman–Crippen LogP) is 3.04. The molecule has 0 aliphatic carbocycles. The van der Waals surface area contributed by atoms with Crippen LogP contribution in [-0.4, -0.2) is 35.3 Å². The van der Waals surface area contributed by atoms with E-state index in [4.69, 9.17) is 14.3 Å². The zero-order valence-corrected chi connectivity index (χ0v) is 14.4. The van der Waals surface area contributed by atoms with Gasteiger partial charge < -0.3 is 24.5 Å². The maximum Gasteiger partial charge on any atom is 0.161 e. The standard InChI is InChI=1S/C20H20O6/c1-25-18-9-13(4-5-17(18)24)19-16(11-23)15-8-12(3-2-6-21)7-14(10-22)20(15)26-19/h4-5,7-9,11,21-22,24H,2-3,6,10H2,1H3. The summed E-state index contributed by atoms with van der Waals surface area (Å²) in [4.78, 5) is 11.8. The molecule has 6 nitrogen and oxygen atoms in total. The highest BCUT2D eigenvalue weighted by molar-refractivity contribution is 6.03. The Morgan fingerprint density at radius 2 is 2.00 bits per heavy atom. The van der Waals surface area contributed by atoms with Crippen LogP contribution in [0.25, 0.3) is 22.3 Å². The summed E-state index contributed by atoms with van der Waals surface area (Å²) in [7, 11) is 1.44. The zero-order chi connectivity index (χ0) is 18.7. The molecule has 26 heavy (non-hydrogen) atoms. The minimum absolute atomic E-state index is 0.0117. The average Bonchev–Trinajstić information content (AvgIpc) is 3.04. The van der Waals surface area contributed by atoms with Gasteiger partial charge >= 0.3 is 0 Å². The van der Waals surface area contributed by atoms with Crippen LogP contribution in [0.4, 0.5) is 0 Å². The number of aliphatic hydroxyl groups is 2. The summed E-state index contributed by atoms with van der Waals surface area (Å²) in [5.41, 5.74) is 2.89. The molecule has 0 saturated heterocycles. The maximum absolute atomic E-state index is 11.8. The molecule has 0 aliphatic rings. The smallest absolute Gasteiger partial charge is 0.161 e. The van der Waals surface area contributed by atoms with Crippen molar-refractivity contribution in [3.05, 3.63) is 47.0 Å². The van der Waals surface area contributed by atoms with Gasteiger partial charge in [-0.1, -0.05) is 0 Å². The summed E-state index contributed by atoms with van der Waals surface area (Å²) < 4.78 is 11.0. The third-order valence-electron chi connectivity index (χ3n) is 4.32. The molecular formula is C20H20O6. The van der Waals surface area contributed by atoms with E-state index in [-0.39, 0.29) is 24.7 Å². The van der Waals surface area contributed by atoms with E-state index in [1.54, 1.807) is 12.1 Å². The second-order valence-corrected chi connectivity index (χ2v) is 5.97. The molecule has 0 atom stereocenters. The fourth-order valence-corrected chi connectivity index (χ4v) is 3.05. The van der Waals surface area contributed by atoms with E-state index < -0.39 is 0 Å². The van der Waals surface area contributed by atoms with Gasteiger partial charge in [0.15, 0.2) is 17.8 Å². The Morgan fingerprint density at radius 1 is 1.19 bits per heavy atom. The Bertz CT molecular complexity index is 941. The van der Waals surface area contributed by atoms with E-state index in [1.165, 1.54) is 13.2 Å². The lowest BCUT2D eigenvalue weighted by Crippen LogP contribution is -1.93. The number of aryl methyl sites for hydroxylation is 1. The number of carbonyl (C=O) groups is 1. The van der Waals surface area contributed by atoms with Gasteiger partial charge in [0.05, 0.1) is 19.3 Å². The van der Waals surface area contributed by atoms with Crippen LogP contribution in [0.5, 0.6) is 11.5 Å². The Kier molecular flexibility index (Phi) is 5.25. The number of fused-ring (bicyclic) bond motifs is 1. The van der Waals surface area contributed by atoms with E-state index in [0.29, 0.717) is 46.3 Å². The second-order valence-electron chi connectivity index (χ2n) is 5.97. The molecule has 0 bridgehead atoms. The van der Waals surface area contributed by atoms with Crippen LogP contribution in [0.1, 0.15) is 27.9 Å². The van der Waals surface area contributed by atoms with Crippen LogP contribution in [0.3, 0.4) is 0 Å². The van der Waals surface area contributed by atoms with Crippen molar-refractivity contribution in [1.29, 1.82) is 0 Å². The molecule has 136 valence electrons. The highest BCUT2D eigenvalue weighted by Crippen LogP contribution is 2.38. The number of phenolic OH excluding ortho intramolecular Hbond substituents is 1. The van der Waals surface area contributed by atoms with Crippen molar-refractivity contribution in [2.75, 3.05) is 13.7 Å². The molecule has 3 rings (SSSR count). The predicted molar refractivity (Wildman–Crippen MR) is 96.6 cm³/mol. The van der Waals surface area contributed by atoms with Crippen molar-refractivity contribution in [2.45, 2.75) is 19.4 Å². The number of furan rings is 1. The molecule has 1 heterocycles. The minimum atomic E-state index is -0.229. The number of benzene rings is 2. The molecule has 0 radical (unpaired) electrons. The second kappa shape index (κ2) is 7.59. The summed E-state index contributed by atoms with van der Waals surface area (Å²) >= 11 is 0. The number of hydrogen-bond donors (Lipinski definition) is 3. The normalized spacial score (nSPS) is 11.0. The molecule has 3 aromatic rings. The lowest BCUT2D eigenvalue weighted by molar-refractivity contribution is 0.112. The summed E-state index contributed by atoms with van der Waals surface area (Å²) in [6, 6.07) is 8.35. The minimum Gasteiger partial charge on any atom is -0.504 e. The SMILES string of the molecule is COc1cc(-c2oc3c(CO)cc(CCCO)cc3c2C=O)ccc1O. The number of rotatable bonds is 7. The van der Waals surface area contributed by atoms with E-state index in [1.807, 2.05) is 12.1 Å². The summed E-state index contributed by atoms with van der Waals surface area (Å²) in [6.45, 7) is -0.162. The molecule has 0 spiro atoms. The molecule has 1 aromatic heterocycles. The van der Waals surface area contributed by atoms with Gasteiger partial charge in [-0.3, -0.25) is 4.79 Å². The fourth-order valence-electron chi connectivity index (χ4n) is 3.05. The van der Waals surface area contributed by atoms with Crippen molar-refractivity contribution in [1.82, 2.24) is 0 Å². The van der Waals surface area contributed by atoms with Gasteiger partial charge in [0.2, 0.25) is 0 Å². The average molecular weight is 356 g/mol. The van der Waals surface area contributed by atoms with Gasteiger partial charge in [-0.25, -0.2) is 0 Å².